The van der Waals surface area contributed by atoms with E-state index in [2.05, 4.69) is 15.5 Å². The average molecular weight is 436 g/mol. The highest BCUT2D eigenvalue weighted by molar-refractivity contribution is 5.90. The van der Waals surface area contributed by atoms with Crippen LogP contribution in [-0.2, 0) is 5.41 Å². The number of urea groups is 1. The molecule has 1 N–H and O–H groups in total. The third-order valence-corrected chi connectivity index (χ3v) is 6.72. The number of anilines is 1. The topological polar surface area (TPSA) is 84.2 Å². The SMILES string of the molecule is Cc1c(F)cccc1NC(=O)N1CCC(CC2CC2)(c2noc(-c3ccncc3)n2)CC1. The molecular weight excluding hydrogens is 409 g/mol. The molecule has 0 unspecified atom stereocenters. The summed E-state index contributed by atoms with van der Waals surface area (Å²) in [7, 11) is 0. The lowest BCUT2D eigenvalue weighted by Crippen LogP contribution is -2.47. The Morgan fingerprint density at radius 1 is 1.22 bits per heavy atom. The number of nitrogens with zero attached hydrogens (tertiary/aromatic N) is 4. The van der Waals surface area contributed by atoms with Crippen LogP contribution in [0.3, 0.4) is 0 Å². The Balaban J connectivity index is 1.31. The molecule has 3 aromatic rings. The first-order chi connectivity index (χ1) is 15.5. The predicted molar refractivity (Wildman–Crippen MR) is 118 cm³/mol. The third kappa shape index (κ3) is 4.09. The number of rotatable bonds is 5. The van der Waals surface area contributed by atoms with Crippen molar-refractivity contribution in [2.75, 3.05) is 18.4 Å². The van der Waals surface area contributed by atoms with Gasteiger partial charge in [0.15, 0.2) is 5.82 Å². The predicted octanol–water partition coefficient (Wildman–Crippen LogP) is 4.94. The maximum Gasteiger partial charge on any atom is 0.321 e. The van der Waals surface area contributed by atoms with Gasteiger partial charge in [0.2, 0.25) is 0 Å². The van der Waals surface area contributed by atoms with Crippen molar-refractivity contribution < 1.29 is 13.7 Å². The summed E-state index contributed by atoms with van der Waals surface area (Å²) in [6.45, 7) is 2.84. The first-order valence-corrected chi connectivity index (χ1v) is 11.1. The summed E-state index contributed by atoms with van der Waals surface area (Å²) in [5.74, 6) is 1.59. The van der Waals surface area contributed by atoms with E-state index in [0.717, 1.165) is 30.7 Å². The molecule has 1 saturated heterocycles. The minimum Gasteiger partial charge on any atom is -0.334 e. The van der Waals surface area contributed by atoms with Crippen molar-refractivity contribution in [1.29, 1.82) is 0 Å². The molecule has 1 aliphatic heterocycles. The van der Waals surface area contributed by atoms with Gasteiger partial charge in [0.1, 0.15) is 5.82 Å². The number of halogens is 1. The monoisotopic (exact) mass is 435 g/mol. The van der Waals surface area contributed by atoms with E-state index in [9.17, 15) is 9.18 Å². The van der Waals surface area contributed by atoms with E-state index in [0.29, 0.717) is 36.1 Å². The van der Waals surface area contributed by atoms with E-state index in [1.54, 1.807) is 36.4 Å². The van der Waals surface area contributed by atoms with E-state index in [4.69, 9.17) is 9.51 Å². The van der Waals surface area contributed by atoms with Crippen LogP contribution in [0.1, 0.15) is 43.5 Å². The van der Waals surface area contributed by atoms with Crippen LogP contribution in [0, 0.1) is 18.7 Å². The fourth-order valence-corrected chi connectivity index (χ4v) is 4.52. The molecule has 1 aromatic carbocycles. The molecule has 1 saturated carbocycles. The highest BCUT2D eigenvalue weighted by Crippen LogP contribution is 2.46. The molecule has 2 aliphatic rings. The second kappa shape index (κ2) is 8.33. The van der Waals surface area contributed by atoms with Crippen molar-refractivity contribution in [2.45, 2.75) is 44.4 Å². The highest BCUT2D eigenvalue weighted by Gasteiger charge is 2.44. The number of hydrogen-bond donors (Lipinski definition) is 1. The van der Waals surface area contributed by atoms with Crippen molar-refractivity contribution >= 4 is 11.7 Å². The van der Waals surface area contributed by atoms with E-state index in [1.807, 2.05) is 12.1 Å². The quantitative estimate of drug-likeness (QED) is 0.613. The van der Waals surface area contributed by atoms with E-state index in [1.165, 1.54) is 18.9 Å². The van der Waals surface area contributed by atoms with Gasteiger partial charge in [-0.05, 0) is 56.4 Å². The molecule has 0 bridgehead atoms. The van der Waals surface area contributed by atoms with Gasteiger partial charge in [-0.2, -0.15) is 4.98 Å². The van der Waals surface area contributed by atoms with Gasteiger partial charge in [-0.15, -0.1) is 0 Å². The molecule has 0 radical (unpaired) electrons. The zero-order valence-electron chi connectivity index (χ0n) is 18.1. The van der Waals surface area contributed by atoms with Crippen LogP contribution in [0.2, 0.25) is 0 Å². The van der Waals surface area contributed by atoms with Crippen LogP contribution in [0.5, 0.6) is 0 Å². The second-order valence-corrected chi connectivity index (χ2v) is 8.92. The van der Waals surface area contributed by atoms with Gasteiger partial charge in [0.25, 0.3) is 5.89 Å². The zero-order chi connectivity index (χ0) is 22.1. The fraction of sp³-hybridized carbons (Fsp3) is 0.417. The normalized spacial score (nSPS) is 17.9. The van der Waals surface area contributed by atoms with Crippen molar-refractivity contribution in [3.63, 3.8) is 0 Å². The number of hydrogen-bond acceptors (Lipinski definition) is 5. The van der Waals surface area contributed by atoms with Crippen LogP contribution in [0.15, 0.2) is 47.2 Å². The van der Waals surface area contributed by atoms with Crippen LogP contribution in [0.4, 0.5) is 14.9 Å². The van der Waals surface area contributed by atoms with Gasteiger partial charge in [0.05, 0.1) is 0 Å². The molecule has 166 valence electrons. The molecule has 2 fully saturated rings. The van der Waals surface area contributed by atoms with Crippen molar-refractivity contribution in [2.24, 2.45) is 5.92 Å². The molecule has 2 amide bonds. The van der Waals surface area contributed by atoms with Crippen LogP contribution < -0.4 is 5.32 Å². The molecule has 32 heavy (non-hydrogen) atoms. The number of nitrogens with one attached hydrogen (secondary N) is 1. The summed E-state index contributed by atoms with van der Waals surface area (Å²) in [6, 6.07) is 8.22. The number of pyridine rings is 1. The summed E-state index contributed by atoms with van der Waals surface area (Å²) in [5.41, 5.74) is 1.60. The fourth-order valence-electron chi connectivity index (χ4n) is 4.52. The minimum absolute atomic E-state index is 0.193. The molecule has 2 aromatic heterocycles. The highest BCUT2D eigenvalue weighted by atomic mass is 19.1. The Hall–Kier alpha value is -3.29. The van der Waals surface area contributed by atoms with Crippen LogP contribution >= 0.6 is 0 Å². The lowest BCUT2D eigenvalue weighted by molar-refractivity contribution is 0.153. The molecule has 8 heteroatoms. The largest absolute Gasteiger partial charge is 0.334 e. The second-order valence-electron chi connectivity index (χ2n) is 8.92. The van der Waals surface area contributed by atoms with Gasteiger partial charge in [-0.25, -0.2) is 9.18 Å². The Bertz CT molecular complexity index is 1100. The summed E-state index contributed by atoms with van der Waals surface area (Å²) >= 11 is 0. The molecular formula is C24H26FN5O2. The molecule has 1 aliphatic carbocycles. The number of amides is 2. The molecule has 0 spiro atoms. The Morgan fingerprint density at radius 2 is 1.97 bits per heavy atom. The number of carbonyl (C=O) groups excluding carboxylic acids is 1. The zero-order valence-corrected chi connectivity index (χ0v) is 18.1. The van der Waals surface area contributed by atoms with Crippen molar-refractivity contribution in [1.82, 2.24) is 20.0 Å². The third-order valence-electron chi connectivity index (χ3n) is 6.72. The van der Waals surface area contributed by atoms with Gasteiger partial charge < -0.3 is 14.7 Å². The Labute approximate surface area is 186 Å². The summed E-state index contributed by atoms with van der Waals surface area (Å²) < 4.78 is 19.4. The van der Waals surface area contributed by atoms with Crippen LogP contribution in [-0.4, -0.2) is 39.1 Å². The molecule has 0 atom stereocenters. The summed E-state index contributed by atoms with van der Waals surface area (Å²) in [6.07, 6.45) is 8.44. The Kier molecular flexibility index (Phi) is 5.36. The number of benzene rings is 1. The number of aromatic nitrogens is 3. The van der Waals surface area contributed by atoms with Gasteiger partial charge >= 0.3 is 6.03 Å². The van der Waals surface area contributed by atoms with Gasteiger partial charge in [0, 0.05) is 47.7 Å². The first kappa shape index (κ1) is 20.6. The molecule has 7 nitrogen and oxygen atoms in total. The number of likely N-dealkylation sites (tertiary alicyclic amines) is 1. The number of piperidine rings is 1. The van der Waals surface area contributed by atoms with E-state index in [-0.39, 0.29) is 17.3 Å². The lowest BCUT2D eigenvalue weighted by Gasteiger charge is -2.40. The van der Waals surface area contributed by atoms with Crippen molar-refractivity contribution in [3.8, 4) is 11.5 Å². The number of carbonyl (C=O) groups is 1. The summed E-state index contributed by atoms with van der Waals surface area (Å²) in [4.78, 5) is 23.4. The maximum atomic E-state index is 13.8. The van der Waals surface area contributed by atoms with Gasteiger partial charge in [-0.3, -0.25) is 4.98 Å². The van der Waals surface area contributed by atoms with E-state index < -0.39 is 0 Å². The Morgan fingerprint density at radius 3 is 2.69 bits per heavy atom. The standard InChI is InChI=1S/C24H26FN5O2/c1-16-19(25)3-2-4-20(16)27-23(31)30-13-9-24(10-14-30,15-17-5-6-17)22-28-21(32-29-22)18-7-11-26-12-8-18/h2-4,7-8,11-12,17H,5-6,9-10,13-15H2,1H3,(H,27,31). The van der Waals surface area contributed by atoms with E-state index >= 15 is 0 Å². The average Bonchev–Trinajstić information content (AvgIpc) is 3.48. The minimum atomic E-state index is -0.327. The van der Waals surface area contributed by atoms with Crippen molar-refractivity contribution in [3.05, 3.63) is 59.9 Å². The smallest absolute Gasteiger partial charge is 0.321 e. The van der Waals surface area contributed by atoms with Crippen LogP contribution in [0.25, 0.3) is 11.5 Å². The summed E-state index contributed by atoms with van der Waals surface area (Å²) in [5, 5.41) is 7.22. The molecule has 5 rings (SSSR count). The lowest BCUT2D eigenvalue weighted by atomic mass is 9.73. The maximum absolute atomic E-state index is 13.8. The van der Waals surface area contributed by atoms with Gasteiger partial charge in [-0.1, -0.05) is 24.1 Å². The molecule has 3 heterocycles. The first-order valence-electron chi connectivity index (χ1n) is 11.1.